The number of fused-ring (bicyclic) bond motifs is 3. The molecular weight excluding hydrogens is 266 g/mol. The number of imidazole rings is 1. The molecule has 0 aliphatic carbocycles. The van der Waals surface area contributed by atoms with Gasteiger partial charge in [0, 0.05) is 24.9 Å². The number of hydrogen-bond acceptors (Lipinski definition) is 4. The lowest BCUT2D eigenvalue weighted by Gasteiger charge is -2.08. The number of amides is 1. The number of pyridine rings is 1. The van der Waals surface area contributed by atoms with Crippen molar-refractivity contribution in [2.45, 2.75) is 19.9 Å². The molecule has 3 N–H and O–H groups in total. The van der Waals surface area contributed by atoms with Crippen LogP contribution in [0.2, 0.25) is 0 Å². The molecule has 0 aliphatic rings. The lowest BCUT2D eigenvalue weighted by Crippen LogP contribution is -2.24. The largest absolute Gasteiger partial charge is 0.369 e. The summed E-state index contributed by atoms with van der Waals surface area (Å²) in [5.41, 5.74) is 8.57. The number of aryl methyl sites for hydroxylation is 1. The Bertz CT molecular complexity index is 808. The fraction of sp³-hybridized carbons (Fsp3) is 0.267. The molecular formula is C15H17N5O. The Balaban J connectivity index is 2.06. The molecule has 2 heterocycles. The predicted molar refractivity (Wildman–Crippen MR) is 82.7 cm³/mol. The van der Waals surface area contributed by atoms with Crippen molar-refractivity contribution in [3.05, 3.63) is 30.5 Å². The number of nitrogens with zero attached hydrogens (tertiary/aromatic N) is 3. The third-order valence-corrected chi connectivity index (χ3v) is 3.45. The van der Waals surface area contributed by atoms with E-state index in [0.717, 1.165) is 21.9 Å². The van der Waals surface area contributed by atoms with Gasteiger partial charge in [-0.05, 0) is 13.0 Å². The summed E-state index contributed by atoms with van der Waals surface area (Å²) in [6.45, 7) is 3.03. The van der Waals surface area contributed by atoms with Gasteiger partial charge in [-0.1, -0.05) is 18.2 Å². The standard InChI is InChI=1S/C15H17N5O/c1-2-17-13(21)7-8-20-14-10-5-3-4-6-11(10)18-9-12(14)19-15(20)16/h3-6,9H,2,7-8H2,1H3,(H2,16,19)(H,17,21). The maximum Gasteiger partial charge on any atom is 0.221 e. The molecule has 0 saturated carbocycles. The molecule has 1 aromatic carbocycles. The SMILES string of the molecule is CCNC(=O)CCn1c(N)nc2cnc3ccccc3c21. The third-order valence-electron chi connectivity index (χ3n) is 3.45. The summed E-state index contributed by atoms with van der Waals surface area (Å²) < 4.78 is 1.88. The van der Waals surface area contributed by atoms with Gasteiger partial charge >= 0.3 is 0 Å². The molecule has 6 nitrogen and oxygen atoms in total. The molecule has 0 radical (unpaired) electrons. The van der Waals surface area contributed by atoms with E-state index in [0.29, 0.717) is 25.5 Å². The fourth-order valence-corrected chi connectivity index (χ4v) is 2.51. The highest BCUT2D eigenvalue weighted by atomic mass is 16.1. The van der Waals surface area contributed by atoms with Crippen LogP contribution in [0.15, 0.2) is 30.5 Å². The highest BCUT2D eigenvalue weighted by Gasteiger charge is 2.13. The molecule has 0 aliphatic heterocycles. The highest BCUT2D eigenvalue weighted by molar-refractivity contribution is 6.02. The molecule has 0 atom stereocenters. The van der Waals surface area contributed by atoms with E-state index in [4.69, 9.17) is 5.73 Å². The van der Waals surface area contributed by atoms with Gasteiger partial charge < -0.3 is 15.6 Å². The number of benzene rings is 1. The quantitative estimate of drug-likeness (QED) is 0.763. The number of nitrogens with one attached hydrogen (secondary N) is 1. The van der Waals surface area contributed by atoms with Crippen molar-refractivity contribution in [2.75, 3.05) is 12.3 Å². The first-order chi connectivity index (χ1) is 10.2. The van der Waals surface area contributed by atoms with Crippen LogP contribution < -0.4 is 11.1 Å². The highest BCUT2D eigenvalue weighted by Crippen LogP contribution is 2.25. The van der Waals surface area contributed by atoms with E-state index in [1.165, 1.54) is 0 Å². The van der Waals surface area contributed by atoms with Crippen molar-refractivity contribution in [3.63, 3.8) is 0 Å². The molecule has 2 aromatic heterocycles. The minimum absolute atomic E-state index is 0.0112. The summed E-state index contributed by atoms with van der Waals surface area (Å²) in [5, 5.41) is 3.78. The van der Waals surface area contributed by atoms with Gasteiger partial charge in [-0.25, -0.2) is 4.98 Å². The van der Waals surface area contributed by atoms with Crippen LogP contribution in [0.25, 0.3) is 21.9 Å². The van der Waals surface area contributed by atoms with Crippen molar-refractivity contribution >= 4 is 33.8 Å². The lowest BCUT2D eigenvalue weighted by molar-refractivity contribution is -0.121. The van der Waals surface area contributed by atoms with Gasteiger partial charge in [0.15, 0.2) is 0 Å². The molecule has 0 bridgehead atoms. The van der Waals surface area contributed by atoms with Crippen molar-refractivity contribution < 1.29 is 4.79 Å². The smallest absolute Gasteiger partial charge is 0.221 e. The first kappa shape index (κ1) is 13.4. The van der Waals surface area contributed by atoms with E-state index in [1.807, 2.05) is 35.8 Å². The Hall–Kier alpha value is -2.63. The fourth-order valence-electron chi connectivity index (χ4n) is 2.51. The van der Waals surface area contributed by atoms with Crippen LogP contribution in [-0.4, -0.2) is 27.0 Å². The first-order valence-electron chi connectivity index (χ1n) is 6.97. The lowest BCUT2D eigenvalue weighted by atomic mass is 10.2. The maximum absolute atomic E-state index is 11.7. The predicted octanol–water partition coefficient (Wildman–Crippen LogP) is 1.69. The Morgan fingerprint density at radius 2 is 2.14 bits per heavy atom. The number of para-hydroxylation sites is 1. The minimum Gasteiger partial charge on any atom is -0.369 e. The van der Waals surface area contributed by atoms with Crippen LogP contribution in [0.3, 0.4) is 0 Å². The maximum atomic E-state index is 11.7. The van der Waals surface area contributed by atoms with Crippen LogP contribution in [0, 0.1) is 0 Å². The molecule has 0 unspecified atom stereocenters. The normalized spacial score (nSPS) is 11.1. The summed E-state index contributed by atoms with van der Waals surface area (Å²) in [5.74, 6) is 0.421. The summed E-state index contributed by atoms with van der Waals surface area (Å²) in [7, 11) is 0. The summed E-state index contributed by atoms with van der Waals surface area (Å²) >= 11 is 0. The Morgan fingerprint density at radius 3 is 2.95 bits per heavy atom. The number of hydrogen-bond donors (Lipinski definition) is 2. The Labute approximate surface area is 122 Å². The zero-order valence-corrected chi connectivity index (χ0v) is 11.8. The van der Waals surface area contributed by atoms with E-state index < -0.39 is 0 Å². The minimum atomic E-state index is 0.0112. The molecule has 0 saturated heterocycles. The number of carbonyl (C=O) groups excluding carboxylic acids is 1. The van der Waals surface area contributed by atoms with Crippen molar-refractivity contribution in [1.82, 2.24) is 19.9 Å². The zero-order valence-electron chi connectivity index (χ0n) is 11.8. The van der Waals surface area contributed by atoms with Gasteiger partial charge in [0.25, 0.3) is 0 Å². The van der Waals surface area contributed by atoms with Gasteiger partial charge in [-0.3, -0.25) is 9.78 Å². The van der Waals surface area contributed by atoms with E-state index >= 15 is 0 Å². The third kappa shape index (κ3) is 2.40. The Morgan fingerprint density at radius 1 is 1.33 bits per heavy atom. The van der Waals surface area contributed by atoms with E-state index in [1.54, 1.807) is 6.20 Å². The van der Waals surface area contributed by atoms with Gasteiger partial charge in [-0.15, -0.1) is 0 Å². The second kappa shape index (κ2) is 5.40. The van der Waals surface area contributed by atoms with Crippen molar-refractivity contribution in [2.24, 2.45) is 0 Å². The van der Waals surface area contributed by atoms with Crippen LogP contribution in [0.4, 0.5) is 5.95 Å². The molecule has 21 heavy (non-hydrogen) atoms. The second-order valence-corrected chi connectivity index (χ2v) is 4.83. The molecule has 6 heteroatoms. The number of nitrogens with two attached hydrogens (primary N) is 1. The van der Waals surface area contributed by atoms with Crippen LogP contribution in [-0.2, 0) is 11.3 Å². The number of carbonyl (C=O) groups is 1. The monoisotopic (exact) mass is 283 g/mol. The molecule has 0 spiro atoms. The number of anilines is 1. The molecule has 3 aromatic rings. The molecule has 108 valence electrons. The van der Waals surface area contributed by atoms with Gasteiger partial charge in [0.2, 0.25) is 11.9 Å². The average Bonchev–Trinajstić information content (AvgIpc) is 2.81. The first-order valence-corrected chi connectivity index (χ1v) is 6.97. The Kier molecular flexibility index (Phi) is 3.43. The second-order valence-electron chi connectivity index (χ2n) is 4.83. The van der Waals surface area contributed by atoms with Crippen LogP contribution >= 0.6 is 0 Å². The average molecular weight is 283 g/mol. The van der Waals surface area contributed by atoms with Gasteiger partial charge in [-0.2, -0.15) is 0 Å². The summed E-state index contributed by atoms with van der Waals surface area (Å²) in [6, 6.07) is 7.85. The number of rotatable bonds is 4. The van der Waals surface area contributed by atoms with Crippen molar-refractivity contribution in [1.29, 1.82) is 0 Å². The van der Waals surface area contributed by atoms with Gasteiger partial charge in [0.1, 0.15) is 5.52 Å². The van der Waals surface area contributed by atoms with Crippen LogP contribution in [0.1, 0.15) is 13.3 Å². The zero-order chi connectivity index (χ0) is 14.8. The molecule has 0 fully saturated rings. The number of nitrogen functional groups attached to an aromatic ring is 1. The van der Waals surface area contributed by atoms with E-state index in [9.17, 15) is 4.79 Å². The van der Waals surface area contributed by atoms with E-state index in [2.05, 4.69) is 15.3 Å². The summed E-state index contributed by atoms with van der Waals surface area (Å²) in [6.07, 6.45) is 2.09. The molecule has 1 amide bonds. The summed E-state index contributed by atoms with van der Waals surface area (Å²) in [4.78, 5) is 20.4. The molecule has 3 rings (SSSR count). The van der Waals surface area contributed by atoms with Crippen LogP contribution in [0.5, 0.6) is 0 Å². The van der Waals surface area contributed by atoms with Crippen molar-refractivity contribution in [3.8, 4) is 0 Å². The van der Waals surface area contributed by atoms with E-state index in [-0.39, 0.29) is 5.91 Å². The topological polar surface area (TPSA) is 85.8 Å². The number of aromatic nitrogens is 3. The van der Waals surface area contributed by atoms with Gasteiger partial charge in [0.05, 0.1) is 17.2 Å².